The Bertz CT molecular complexity index is 581. The van der Waals surface area contributed by atoms with Gasteiger partial charge in [0.1, 0.15) is 5.82 Å². The van der Waals surface area contributed by atoms with Gasteiger partial charge in [0.25, 0.3) is 0 Å². The van der Waals surface area contributed by atoms with Crippen molar-refractivity contribution in [3.05, 3.63) is 54.2 Å². The molecule has 0 saturated carbocycles. The van der Waals surface area contributed by atoms with E-state index in [9.17, 15) is 4.79 Å². The van der Waals surface area contributed by atoms with Gasteiger partial charge in [0.15, 0.2) is 0 Å². The minimum Gasteiger partial charge on any atom is -0.363 e. The van der Waals surface area contributed by atoms with E-state index >= 15 is 0 Å². The van der Waals surface area contributed by atoms with E-state index in [0.29, 0.717) is 12.1 Å². The average Bonchev–Trinajstić information content (AvgIpc) is 2.48. The van der Waals surface area contributed by atoms with Gasteiger partial charge in [-0.3, -0.25) is 4.79 Å². The monoisotopic (exact) mass is 284 g/mol. The molecule has 0 fully saturated rings. The van der Waals surface area contributed by atoms with Crippen molar-refractivity contribution in [3.8, 4) is 0 Å². The van der Waals surface area contributed by atoms with Gasteiger partial charge in [-0.25, -0.2) is 4.98 Å². The van der Waals surface area contributed by atoms with E-state index in [1.54, 1.807) is 6.20 Å². The summed E-state index contributed by atoms with van der Waals surface area (Å²) in [7, 11) is 3.83. The highest BCUT2D eigenvalue weighted by atomic mass is 16.2. The van der Waals surface area contributed by atoms with Crippen molar-refractivity contribution < 1.29 is 4.79 Å². The number of carbonyl (C=O) groups excluding carboxylic acids is 1. The number of amides is 1. The quantitative estimate of drug-likeness (QED) is 0.876. The summed E-state index contributed by atoms with van der Waals surface area (Å²) in [6, 6.07) is 12.8. The number of nitrogens with one attached hydrogen (secondary N) is 1. The molecule has 5 heteroatoms. The Morgan fingerprint density at radius 1 is 1.24 bits per heavy atom. The third kappa shape index (κ3) is 4.29. The van der Waals surface area contributed by atoms with E-state index < -0.39 is 6.04 Å². The van der Waals surface area contributed by atoms with Gasteiger partial charge in [-0.1, -0.05) is 30.3 Å². The van der Waals surface area contributed by atoms with Crippen LogP contribution in [0.2, 0.25) is 0 Å². The van der Waals surface area contributed by atoms with Crippen LogP contribution in [0.4, 0.5) is 11.5 Å². The van der Waals surface area contributed by atoms with Crippen molar-refractivity contribution in [2.75, 3.05) is 24.3 Å². The van der Waals surface area contributed by atoms with E-state index in [2.05, 4.69) is 10.3 Å². The molecule has 0 spiro atoms. The van der Waals surface area contributed by atoms with Gasteiger partial charge in [-0.2, -0.15) is 0 Å². The number of pyridine rings is 1. The van der Waals surface area contributed by atoms with E-state index in [1.165, 1.54) is 0 Å². The standard InChI is InChI=1S/C16H20N4O/c1-20(2)15-9-8-13(11-18-15)19-16(21)14(17)10-12-6-4-3-5-7-12/h3-9,11,14H,10,17H2,1-2H3,(H,19,21). The number of carbonyl (C=O) groups is 1. The van der Waals surface area contributed by atoms with Crippen LogP contribution in [0.1, 0.15) is 5.56 Å². The molecule has 110 valence electrons. The topological polar surface area (TPSA) is 71.2 Å². The Balaban J connectivity index is 1.94. The summed E-state index contributed by atoms with van der Waals surface area (Å²) < 4.78 is 0. The summed E-state index contributed by atoms with van der Waals surface area (Å²) in [5, 5.41) is 2.78. The molecule has 1 aromatic heterocycles. The van der Waals surface area contributed by atoms with Crippen LogP contribution < -0.4 is 16.0 Å². The molecule has 2 rings (SSSR count). The average molecular weight is 284 g/mol. The van der Waals surface area contributed by atoms with Gasteiger partial charge >= 0.3 is 0 Å². The third-order valence-corrected chi connectivity index (χ3v) is 3.11. The zero-order valence-corrected chi connectivity index (χ0v) is 12.3. The lowest BCUT2D eigenvalue weighted by Crippen LogP contribution is -2.37. The molecule has 0 saturated heterocycles. The normalized spacial score (nSPS) is 11.8. The van der Waals surface area contributed by atoms with Gasteiger partial charge in [-0.05, 0) is 24.1 Å². The Morgan fingerprint density at radius 2 is 1.95 bits per heavy atom. The van der Waals surface area contributed by atoms with Crippen LogP contribution >= 0.6 is 0 Å². The fourth-order valence-electron chi connectivity index (χ4n) is 1.92. The summed E-state index contributed by atoms with van der Waals surface area (Å²) in [4.78, 5) is 18.2. The molecule has 3 N–H and O–H groups in total. The van der Waals surface area contributed by atoms with Crippen LogP contribution in [0.25, 0.3) is 0 Å². The van der Waals surface area contributed by atoms with E-state index in [-0.39, 0.29) is 5.91 Å². The van der Waals surface area contributed by atoms with E-state index in [4.69, 9.17) is 5.73 Å². The van der Waals surface area contributed by atoms with Crippen LogP contribution in [0, 0.1) is 0 Å². The SMILES string of the molecule is CN(C)c1ccc(NC(=O)C(N)Cc2ccccc2)cn1. The van der Waals surface area contributed by atoms with Crippen molar-refractivity contribution in [1.82, 2.24) is 4.98 Å². The van der Waals surface area contributed by atoms with Crippen molar-refractivity contribution in [2.24, 2.45) is 5.73 Å². The summed E-state index contributed by atoms with van der Waals surface area (Å²) >= 11 is 0. The number of rotatable bonds is 5. The molecule has 1 aromatic carbocycles. The Labute approximate surface area is 124 Å². The molecule has 5 nitrogen and oxygen atoms in total. The molecule has 0 aliphatic rings. The first-order valence-electron chi connectivity index (χ1n) is 6.80. The molecule has 0 bridgehead atoms. The summed E-state index contributed by atoms with van der Waals surface area (Å²) in [6.45, 7) is 0. The maximum atomic E-state index is 12.1. The van der Waals surface area contributed by atoms with Crippen LogP contribution in [-0.4, -0.2) is 31.0 Å². The van der Waals surface area contributed by atoms with Gasteiger partial charge in [0.2, 0.25) is 5.91 Å². The molecule has 2 aromatic rings. The molecular formula is C16H20N4O. The van der Waals surface area contributed by atoms with E-state index in [0.717, 1.165) is 11.4 Å². The first-order valence-corrected chi connectivity index (χ1v) is 6.80. The summed E-state index contributed by atoms with van der Waals surface area (Å²) in [5.41, 5.74) is 7.62. The molecular weight excluding hydrogens is 264 g/mol. The van der Waals surface area contributed by atoms with Gasteiger partial charge in [0, 0.05) is 14.1 Å². The molecule has 1 heterocycles. The van der Waals surface area contributed by atoms with Crippen LogP contribution in [0.15, 0.2) is 48.7 Å². The zero-order valence-electron chi connectivity index (χ0n) is 12.3. The minimum absolute atomic E-state index is 0.210. The zero-order chi connectivity index (χ0) is 15.2. The maximum absolute atomic E-state index is 12.1. The number of aromatic nitrogens is 1. The highest BCUT2D eigenvalue weighted by Crippen LogP contribution is 2.12. The number of benzene rings is 1. The second kappa shape index (κ2) is 6.85. The fraction of sp³-hybridized carbons (Fsp3) is 0.250. The molecule has 1 atom stereocenters. The second-order valence-electron chi connectivity index (χ2n) is 5.08. The predicted molar refractivity (Wildman–Crippen MR) is 85.3 cm³/mol. The largest absolute Gasteiger partial charge is 0.363 e. The Hall–Kier alpha value is -2.40. The third-order valence-electron chi connectivity index (χ3n) is 3.11. The van der Waals surface area contributed by atoms with Gasteiger partial charge < -0.3 is 16.0 Å². The lowest BCUT2D eigenvalue weighted by molar-refractivity contribution is -0.117. The number of hydrogen-bond donors (Lipinski definition) is 2. The highest BCUT2D eigenvalue weighted by Gasteiger charge is 2.14. The molecule has 1 amide bonds. The molecule has 0 radical (unpaired) electrons. The highest BCUT2D eigenvalue weighted by molar-refractivity contribution is 5.94. The second-order valence-corrected chi connectivity index (χ2v) is 5.08. The Morgan fingerprint density at radius 3 is 2.52 bits per heavy atom. The van der Waals surface area contributed by atoms with Crippen LogP contribution in [0.5, 0.6) is 0 Å². The smallest absolute Gasteiger partial charge is 0.241 e. The van der Waals surface area contributed by atoms with Crippen LogP contribution in [0.3, 0.4) is 0 Å². The van der Waals surface area contributed by atoms with Crippen molar-refractivity contribution in [2.45, 2.75) is 12.5 Å². The summed E-state index contributed by atoms with van der Waals surface area (Å²) in [6.07, 6.45) is 2.14. The first-order chi connectivity index (χ1) is 10.1. The van der Waals surface area contributed by atoms with Crippen molar-refractivity contribution in [1.29, 1.82) is 0 Å². The minimum atomic E-state index is -0.582. The van der Waals surface area contributed by atoms with Crippen molar-refractivity contribution in [3.63, 3.8) is 0 Å². The lowest BCUT2D eigenvalue weighted by atomic mass is 10.1. The first kappa shape index (κ1) is 15.0. The molecule has 0 aliphatic heterocycles. The number of anilines is 2. The maximum Gasteiger partial charge on any atom is 0.241 e. The summed E-state index contributed by atoms with van der Waals surface area (Å²) in [5.74, 6) is 0.625. The number of nitrogens with two attached hydrogens (primary N) is 1. The number of nitrogens with zero attached hydrogens (tertiary/aromatic N) is 2. The van der Waals surface area contributed by atoms with E-state index in [1.807, 2.05) is 61.5 Å². The van der Waals surface area contributed by atoms with Crippen molar-refractivity contribution >= 4 is 17.4 Å². The molecule has 1 unspecified atom stereocenters. The lowest BCUT2D eigenvalue weighted by Gasteiger charge is -2.14. The Kier molecular flexibility index (Phi) is 4.90. The fourth-order valence-corrected chi connectivity index (χ4v) is 1.92. The molecule has 21 heavy (non-hydrogen) atoms. The number of hydrogen-bond acceptors (Lipinski definition) is 4. The molecule has 0 aliphatic carbocycles. The van der Waals surface area contributed by atoms with Crippen LogP contribution in [-0.2, 0) is 11.2 Å². The van der Waals surface area contributed by atoms with Gasteiger partial charge in [0.05, 0.1) is 17.9 Å². The van der Waals surface area contributed by atoms with Gasteiger partial charge in [-0.15, -0.1) is 0 Å². The predicted octanol–water partition coefficient (Wildman–Crippen LogP) is 1.66.